The molecule has 0 spiro atoms. The first-order valence-corrected chi connectivity index (χ1v) is 5.12. The van der Waals surface area contributed by atoms with E-state index in [1.807, 2.05) is 0 Å². The Bertz CT molecular complexity index is 699. The predicted octanol–water partition coefficient (Wildman–Crippen LogP) is 1.33. The molecule has 1 heterocycles. The number of carbonyl (C=O) groups excluding carboxylic acids is 1. The summed E-state index contributed by atoms with van der Waals surface area (Å²) in [5, 5.41) is 19.2. The third kappa shape index (κ3) is 1.99. The van der Waals surface area contributed by atoms with Crippen LogP contribution < -0.4 is 5.73 Å². The van der Waals surface area contributed by atoms with E-state index in [0.29, 0.717) is 16.5 Å². The van der Waals surface area contributed by atoms with Crippen LogP contribution >= 0.6 is 0 Å². The molecule has 1 amide bonds. The standard InChI is InChI=1S/C13H9N3O2/c14-6-8(13(15)18)5-10-9-3-1-2-4-11(9)16-7-12(10)17/h1-5,7,17H,(H2,15,18)/b8-5-. The fourth-order valence-electron chi connectivity index (χ4n) is 1.61. The summed E-state index contributed by atoms with van der Waals surface area (Å²) in [6.07, 6.45) is 2.53. The van der Waals surface area contributed by atoms with Gasteiger partial charge in [-0.05, 0) is 12.1 Å². The number of benzene rings is 1. The highest BCUT2D eigenvalue weighted by atomic mass is 16.3. The van der Waals surface area contributed by atoms with Gasteiger partial charge in [0.05, 0.1) is 11.7 Å². The van der Waals surface area contributed by atoms with Crippen LogP contribution in [0.5, 0.6) is 5.75 Å². The van der Waals surface area contributed by atoms with Crippen molar-refractivity contribution in [3.05, 3.63) is 41.6 Å². The number of rotatable bonds is 2. The number of nitrogens with zero attached hydrogens (tertiary/aromatic N) is 2. The summed E-state index contributed by atoms with van der Waals surface area (Å²) < 4.78 is 0. The van der Waals surface area contributed by atoms with Crippen molar-refractivity contribution < 1.29 is 9.90 Å². The molecule has 3 N–H and O–H groups in total. The predicted molar refractivity (Wildman–Crippen MR) is 66.2 cm³/mol. The monoisotopic (exact) mass is 239 g/mol. The number of aromatic hydroxyl groups is 1. The number of amides is 1. The van der Waals surface area contributed by atoms with Crippen LogP contribution in [0, 0.1) is 11.3 Å². The van der Waals surface area contributed by atoms with Gasteiger partial charge in [-0.1, -0.05) is 18.2 Å². The summed E-state index contributed by atoms with van der Waals surface area (Å²) in [6.45, 7) is 0. The zero-order valence-corrected chi connectivity index (χ0v) is 9.29. The number of fused-ring (bicyclic) bond motifs is 1. The summed E-state index contributed by atoms with van der Waals surface area (Å²) in [5.41, 5.74) is 5.85. The van der Waals surface area contributed by atoms with Gasteiger partial charge in [-0.25, -0.2) is 0 Å². The molecule has 0 aliphatic carbocycles. The van der Waals surface area contributed by atoms with Crippen molar-refractivity contribution >= 4 is 22.9 Å². The average molecular weight is 239 g/mol. The van der Waals surface area contributed by atoms with E-state index in [4.69, 9.17) is 11.0 Å². The van der Waals surface area contributed by atoms with Crippen molar-refractivity contribution in [2.75, 3.05) is 0 Å². The number of nitrogens with two attached hydrogens (primary N) is 1. The van der Waals surface area contributed by atoms with Crippen LogP contribution in [0.25, 0.3) is 17.0 Å². The van der Waals surface area contributed by atoms with Gasteiger partial charge in [-0.15, -0.1) is 0 Å². The molecule has 0 saturated heterocycles. The Kier molecular flexibility index (Phi) is 2.94. The van der Waals surface area contributed by atoms with Crippen LogP contribution in [-0.2, 0) is 4.79 Å². The Morgan fingerprint density at radius 1 is 1.44 bits per heavy atom. The lowest BCUT2D eigenvalue weighted by Crippen LogP contribution is -2.12. The molecule has 0 radical (unpaired) electrons. The van der Waals surface area contributed by atoms with Gasteiger partial charge in [0, 0.05) is 10.9 Å². The Morgan fingerprint density at radius 2 is 2.17 bits per heavy atom. The van der Waals surface area contributed by atoms with Crippen LogP contribution in [-0.4, -0.2) is 16.0 Å². The summed E-state index contributed by atoms with van der Waals surface area (Å²) in [4.78, 5) is 15.1. The van der Waals surface area contributed by atoms with Crippen molar-refractivity contribution in [1.29, 1.82) is 5.26 Å². The highest BCUT2D eigenvalue weighted by molar-refractivity contribution is 6.03. The maximum absolute atomic E-state index is 11.0. The third-order valence-electron chi connectivity index (χ3n) is 2.47. The molecule has 0 aliphatic rings. The summed E-state index contributed by atoms with van der Waals surface area (Å²) in [6, 6.07) is 8.78. The van der Waals surface area contributed by atoms with Gasteiger partial charge < -0.3 is 10.8 Å². The first-order chi connectivity index (χ1) is 8.63. The lowest BCUT2D eigenvalue weighted by Gasteiger charge is -2.04. The minimum Gasteiger partial charge on any atom is -0.506 e. The fraction of sp³-hybridized carbons (Fsp3) is 0. The topological polar surface area (TPSA) is 100 Å². The minimum absolute atomic E-state index is 0.109. The molecule has 0 saturated carbocycles. The van der Waals surface area contributed by atoms with Gasteiger partial charge in [-0.3, -0.25) is 9.78 Å². The molecule has 88 valence electrons. The quantitative estimate of drug-likeness (QED) is 0.609. The van der Waals surface area contributed by atoms with E-state index in [0.717, 1.165) is 0 Å². The maximum atomic E-state index is 11.0. The highest BCUT2D eigenvalue weighted by Crippen LogP contribution is 2.27. The second kappa shape index (κ2) is 4.55. The van der Waals surface area contributed by atoms with Gasteiger partial charge in [-0.2, -0.15) is 5.26 Å². The molecule has 0 unspecified atom stereocenters. The number of para-hydroxylation sites is 1. The van der Waals surface area contributed by atoms with Crippen molar-refractivity contribution in [2.45, 2.75) is 0 Å². The van der Waals surface area contributed by atoms with Crippen LogP contribution in [0.15, 0.2) is 36.0 Å². The Balaban J connectivity index is 2.75. The highest BCUT2D eigenvalue weighted by Gasteiger charge is 2.09. The Labute approximate surface area is 103 Å². The molecule has 0 fully saturated rings. The van der Waals surface area contributed by atoms with Crippen molar-refractivity contribution in [1.82, 2.24) is 4.98 Å². The number of primary amides is 1. The fourth-order valence-corrected chi connectivity index (χ4v) is 1.61. The molecule has 0 aliphatic heterocycles. The SMILES string of the molecule is N#C/C(=C/c1c(O)cnc2ccccc12)C(N)=O. The van der Waals surface area contributed by atoms with E-state index in [-0.39, 0.29) is 11.3 Å². The summed E-state index contributed by atoms with van der Waals surface area (Å²) >= 11 is 0. The van der Waals surface area contributed by atoms with E-state index in [9.17, 15) is 9.90 Å². The van der Waals surface area contributed by atoms with Crippen molar-refractivity contribution in [3.8, 4) is 11.8 Å². The molecule has 0 bridgehead atoms. The molecular formula is C13H9N3O2. The first-order valence-electron chi connectivity index (χ1n) is 5.12. The molecule has 5 heteroatoms. The number of aromatic nitrogens is 1. The van der Waals surface area contributed by atoms with E-state index >= 15 is 0 Å². The zero-order valence-electron chi connectivity index (χ0n) is 9.29. The van der Waals surface area contributed by atoms with Crippen LogP contribution in [0.3, 0.4) is 0 Å². The number of pyridine rings is 1. The van der Waals surface area contributed by atoms with Crippen LogP contribution in [0.1, 0.15) is 5.56 Å². The van der Waals surface area contributed by atoms with Gasteiger partial charge >= 0.3 is 0 Å². The molecule has 1 aromatic heterocycles. The van der Waals surface area contributed by atoms with Gasteiger partial charge in [0.15, 0.2) is 0 Å². The Hall–Kier alpha value is -2.87. The van der Waals surface area contributed by atoms with Crippen molar-refractivity contribution in [3.63, 3.8) is 0 Å². The van der Waals surface area contributed by atoms with E-state index in [2.05, 4.69) is 4.98 Å². The smallest absolute Gasteiger partial charge is 0.259 e. The van der Waals surface area contributed by atoms with E-state index in [1.54, 1.807) is 30.3 Å². The summed E-state index contributed by atoms with van der Waals surface area (Å²) in [7, 11) is 0. The number of nitriles is 1. The maximum Gasteiger partial charge on any atom is 0.259 e. The molecule has 2 aromatic rings. The third-order valence-corrected chi connectivity index (χ3v) is 2.47. The first kappa shape index (κ1) is 11.6. The second-order valence-corrected chi connectivity index (χ2v) is 3.61. The number of hydrogen-bond donors (Lipinski definition) is 2. The number of hydrogen-bond acceptors (Lipinski definition) is 4. The lowest BCUT2D eigenvalue weighted by atomic mass is 10.1. The van der Waals surface area contributed by atoms with Crippen LogP contribution in [0.2, 0.25) is 0 Å². The van der Waals surface area contributed by atoms with Gasteiger partial charge in [0.25, 0.3) is 5.91 Å². The molecule has 0 atom stereocenters. The average Bonchev–Trinajstić information content (AvgIpc) is 2.37. The summed E-state index contributed by atoms with van der Waals surface area (Å²) in [5.74, 6) is -0.944. The molecular weight excluding hydrogens is 230 g/mol. The largest absolute Gasteiger partial charge is 0.506 e. The molecule has 1 aromatic carbocycles. The van der Waals surface area contributed by atoms with E-state index in [1.165, 1.54) is 12.3 Å². The lowest BCUT2D eigenvalue weighted by molar-refractivity contribution is -0.114. The molecule has 18 heavy (non-hydrogen) atoms. The van der Waals surface area contributed by atoms with Crippen molar-refractivity contribution in [2.24, 2.45) is 5.73 Å². The normalized spacial score (nSPS) is 11.2. The van der Waals surface area contributed by atoms with E-state index < -0.39 is 5.91 Å². The molecule has 5 nitrogen and oxygen atoms in total. The minimum atomic E-state index is -0.835. The molecule has 2 rings (SSSR count). The second-order valence-electron chi connectivity index (χ2n) is 3.61. The van der Waals surface area contributed by atoms with Gasteiger partial charge in [0.1, 0.15) is 17.4 Å². The van der Waals surface area contributed by atoms with Crippen LogP contribution in [0.4, 0.5) is 0 Å². The number of carbonyl (C=O) groups is 1. The van der Waals surface area contributed by atoms with Gasteiger partial charge in [0.2, 0.25) is 0 Å². The Morgan fingerprint density at radius 3 is 2.83 bits per heavy atom. The zero-order chi connectivity index (χ0) is 13.1.